The van der Waals surface area contributed by atoms with Crippen molar-refractivity contribution in [1.82, 2.24) is 19.7 Å². The molecule has 15 heavy (non-hydrogen) atoms. The quantitative estimate of drug-likeness (QED) is 0.794. The van der Waals surface area contributed by atoms with Gasteiger partial charge >= 0.3 is 0 Å². The molecule has 0 unspecified atom stereocenters. The van der Waals surface area contributed by atoms with Crippen molar-refractivity contribution in [3.05, 3.63) is 42.6 Å². The van der Waals surface area contributed by atoms with E-state index in [0.717, 1.165) is 5.56 Å². The lowest BCUT2D eigenvalue weighted by molar-refractivity contribution is 0.343. The smallest absolute Gasteiger partial charge is 0.155 e. The predicted molar refractivity (Wildman–Crippen MR) is 55.3 cm³/mol. The van der Waals surface area contributed by atoms with Crippen LogP contribution in [0, 0.1) is 0 Å². The molecule has 2 aromatic heterocycles. The van der Waals surface area contributed by atoms with E-state index >= 15 is 0 Å². The molecule has 0 fully saturated rings. The van der Waals surface area contributed by atoms with E-state index < -0.39 is 0 Å². The Morgan fingerprint density at radius 2 is 2.33 bits per heavy atom. The molecule has 0 saturated heterocycles. The van der Waals surface area contributed by atoms with Crippen LogP contribution in [0.2, 0.25) is 0 Å². The molecule has 0 amide bonds. The Hall–Kier alpha value is -2.01. The van der Waals surface area contributed by atoms with Gasteiger partial charge in [0.05, 0.1) is 6.61 Å². The van der Waals surface area contributed by atoms with Crippen LogP contribution in [0.15, 0.2) is 37.1 Å². The highest BCUT2D eigenvalue weighted by atomic mass is 16.2. The van der Waals surface area contributed by atoms with Gasteiger partial charge in [-0.3, -0.25) is 0 Å². The third-order valence-corrected chi connectivity index (χ3v) is 1.84. The van der Waals surface area contributed by atoms with Crippen molar-refractivity contribution in [1.29, 1.82) is 0 Å². The van der Waals surface area contributed by atoms with Gasteiger partial charge in [0.25, 0.3) is 0 Å². The Kier molecular flexibility index (Phi) is 2.85. The minimum Gasteiger partial charge on any atom is -0.392 e. The van der Waals surface area contributed by atoms with Gasteiger partial charge in [-0.2, -0.15) is 5.10 Å². The van der Waals surface area contributed by atoms with E-state index in [9.17, 15) is 0 Å². The van der Waals surface area contributed by atoms with E-state index in [1.807, 2.05) is 12.1 Å². The first-order chi connectivity index (χ1) is 7.40. The molecule has 0 bridgehead atoms. The maximum Gasteiger partial charge on any atom is 0.155 e. The van der Waals surface area contributed by atoms with E-state index in [1.54, 1.807) is 29.4 Å². The van der Waals surface area contributed by atoms with Crippen LogP contribution in [0.4, 0.5) is 0 Å². The minimum absolute atomic E-state index is 0.0326. The number of aliphatic hydroxyl groups is 1. The average Bonchev–Trinajstić information content (AvgIpc) is 2.80. The lowest BCUT2D eigenvalue weighted by atomic mass is 10.2. The molecule has 0 spiro atoms. The molecule has 2 rings (SSSR count). The summed E-state index contributed by atoms with van der Waals surface area (Å²) in [6.07, 6.45) is 8.22. The molecule has 5 nitrogen and oxygen atoms in total. The molecule has 5 heteroatoms. The number of hydrogen-bond donors (Lipinski definition) is 1. The van der Waals surface area contributed by atoms with E-state index in [2.05, 4.69) is 15.1 Å². The number of aliphatic hydroxyl groups excluding tert-OH is 1. The van der Waals surface area contributed by atoms with Gasteiger partial charge in [-0.1, -0.05) is 12.2 Å². The highest BCUT2D eigenvalue weighted by Crippen LogP contribution is 2.05. The van der Waals surface area contributed by atoms with Gasteiger partial charge in [0.15, 0.2) is 5.82 Å². The Morgan fingerprint density at radius 1 is 1.40 bits per heavy atom. The third-order valence-electron chi connectivity index (χ3n) is 1.84. The summed E-state index contributed by atoms with van der Waals surface area (Å²) in [4.78, 5) is 8.04. The molecule has 0 aliphatic carbocycles. The van der Waals surface area contributed by atoms with E-state index in [-0.39, 0.29) is 6.61 Å². The van der Waals surface area contributed by atoms with E-state index in [0.29, 0.717) is 5.82 Å². The monoisotopic (exact) mass is 202 g/mol. The second kappa shape index (κ2) is 4.47. The fraction of sp³-hybridized carbons (Fsp3) is 0.100. The Labute approximate surface area is 86.7 Å². The van der Waals surface area contributed by atoms with Crippen LogP contribution in [-0.2, 0) is 0 Å². The van der Waals surface area contributed by atoms with E-state index in [1.165, 1.54) is 6.33 Å². The lowest BCUT2D eigenvalue weighted by Gasteiger charge is -1.98. The molecule has 1 N–H and O–H groups in total. The number of rotatable bonds is 3. The van der Waals surface area contributed by atoms with E-state index in [4.69, 9.17) is 5.11 Å². The summed E-state index contributed by atoms with van der Waals surface area (Å²) in [5.41, 5.74) is 0.938. The Morgan fingerprint density at radius 3 is 2.93 bits per heavy atom. The molecule has 2 heterocycles. The summed E-state index contributed by atoms with van der Waals surface area (Å²) in [5, 5.41) is 12.6. The number of pyridine rings is 1. The largest absolute Gasteiger partial charge is 0.392 e. The van der Waals surface area contributed by atoms with Crippen molar-refractivity contribution in [2.75, 3.05) is 6.61 Å². The molecule has 0 aliphatic rings. The second-order valence-electron chi connectivity index (χ2n) is 2.87. The van der Waals surface area contributed by atoms with Gasteiger partial charge in [-0.15, -0.1) is 0 Å². The van der Waals surface area contributed by atoms with Crippen LogP contribution in [-0.4, -0.2) is 31.5 Å². The summed E-state index contributed by atoms with van der Waals surface area (Å²) < 4.78 is 1.58. The van der Waals surface area contributed by atoms with Crippen LogP contribution in [0.25, 0.3) is 11.9 Å². The summed E-state index contributed by atoms with van der Waals surface area (Å²) in [7, 11) is 0. The molecular weight excluding hydrogens is 192 g/mol. The normalized spacial score (nSPS) is 11.0. The van der Waals surface area contributed by atoms with Crippen molar-refractivity contribution in [2.24, 2.45) is 0 Å². The number of aromatic nitrogens is 4. The first-order valence-electron chi connectivity index (χ1n) is 4.48. The van der Waals surface area contributed by atoms with Crippen LogP contribution >= 0.6 is 0 Å². The van der Waals surface area contributed by atoms with Crippen molar-refractivity contribution in [3.63, 3.8) is 0 Å². The highest BCUT2D eigenvalue weighted by Gasteiger charge is 1.96. The zero-order valence-electron chi connectivity index (χ0n) is 7.98. The Balaban J connectivity index is 2.21. The molecule has 0 aliphatic heterocycles. The maximum absolute atomic E-state index is 8.60. The molecule has 0 saturated carbocycles. The minimum atomic E-state index is 0.0326. The van der Waals surface area contributed by atoms with Crippen LogP contribution < -0.4 is 0 Å². The van der Waals surface area contributed by atoms with Gasteiger partial charge < -0.3 is 5.11 Å². The predicted octanol–water partition coefficient (Wildman–Crippen LogP) is 0.668. The first-order valence-corrected chi connectivity index (χ1v) is 4.48. The van der Waals surface area contributed by atoms with Crippen LogP contribution in [0.3, 0.4) is 0 Å². The molecule has 0 radical (unpaired) electrons. The van der Waals surface area contributed by atoms with Crippen molar-refractivity contribution >= 4 is 6.08 Å². The molecule has 76 valence electrons. The fourth-order valence-electron chi connectivity index (χ4n) is 1.15. The zero-order chi connectivity index (χ0) is 10.5. The number of hydrogen-bond acceptors (Lipinski definition) is 4. The standard InChI is InChI=1S/C10H10N4O/c15-5-1-2-9-3-4-10(12-6-9)14-8-11-7-13-14/h1-4,6-8,15H,5H2/b2-1+. The van der Waals surface area contributed by atoms with Gasteiger partial charge in [0.1, 0.15) is 12.7 Å². The van der Waals surface area contributed by atoms with Crippen molar-refractivity contribution in [2.45, 2.75) is 0 Å². The molecular formula is C10H10N4O. The summed E-state index contributed by atoms with van der Waals surface area (Å²) in [6, 6.07) is 3.74. The van der Waals surface area contributed by atoms with Gasteiger partial charge in [0, 0.05) is 6.20 Å². The Bertz CT molecular complexity index is 433. The molecule has 2 aromatic rings. The summed E-state index contributed by atoms with van der Waals surface area (Å²) >= 11 is 0. The highest BCUT2D eigenvalue weighted by molar-refractivity contribution is 5.48. The summed E-state index contributed by atoms with van der Waals surface area (Å²) in [5.74, 6) is 0.716. The fourth-order valence-corrected chi connectivity index (χ4v) is 1.15. The molecule has 0 atom stereocenters. The van der Waals surface area contributed by atoms with Crippen LogP contribution in [0.5, 0.6) is 0 Å². The topological polar surface area (TPSA) is 63.8 Å². The summed E-state index contributed by atoms with van der Waals surface area (Å²) in [6.45, 7) is 0.0326. The van der Waals surface area contributed by atoms with Crippen LogP contribution in [0.1, 0.15) is 5.56 Å². The average molecular weight is 202 g/mol. The number of nitrogens with zero attached hydrogens (tertiary/aromatic N) is 4. The molecule has 0 aromatic carbocycles. The van der Waals surface area contributed by atoms with Gasteiger partial charge in [-0.05, 0) is 17.7 Å². The van der Waals surface area contributed by atoms with Crippen molar-refractivity contribution < 1.29 is 5.11 Å². The van der Waals surface area contributed by atoms with Gasteiger partial charge in [-0.25, -0.2) is 14.6 Å². The van der Waals surface area contributed by atoms with Gasteiger partial charge in [0.2, 0.25) is 0 Å². The lowest BCUT2D eigenvalue weighted by Crippen LogP contribution is -1.97. The SMILES string of the molecule is OC/C=C/c1ccc(-n2cncn2)nc1. The van der Waals surface area contributed by atoms with Crippen molar-refractivity contribution in [3.8, 4) is 5.82 Å². The zero-order valence-corrected chi connectivity index (χ0v) is 7.98. The maximum atomic E-state index is 8.60. The third kappa shape index (κ3) is 2.26. The second-order valence-corrected chi connectivity index (χ2v) is 2.87. The first kappa shape index (κ1) is 9.54.